The van der Waals surface area contributed by atoms with Crippen molar-refractivity contribution < 1.29 is 4.79 Å². The van der Waals surface area contributed by atoms with Gasteiger partial charge in [0.05, 0.1) is 0 Å². The first kappa shape index (κ1) is 17.9. The summed E-state index contributed by atoms with van der Waals surface area (Å²) in [6, 6.07) is 13.9. The predicted octanol–water partition coefficient (Wildman–Crippen LogP) is 3.69. The molecule has 1 aliphatic rings. The molecule has 0 radical (unpaired) electrons. The molecule has 2 aromatic rings. The van der Waals surface area contributed by atoms with Crippen LogP contribution in [-0.2, 0) is 6.54 Å². The number of nitrogens with one attached hydrogen (secondary N) is 1. The van der Waals surface area contributed by atoms with Gasteiger partial charge < -0.3 is 5.32 Å². The van der Waals surface area contributed by atoms with Gasteiger partial charge in [-0.25, -0.2) is 4.98 Å². The van der Waals surface area contributed by atoms with E-state index in [2.05, 4.69) is 46.4 Å². The topological polar surface area (TPSA) is 45.2 Å². The van der Waals surface area contributed by atoms with Crippen LogP contribution in [0.5, 0.6) is 0 Å². The Morgan fingerprint density at radius 2 is 1.92 bits per heavy atom. The molecule has 5 heteroatoms. The van der Waals surface area contributed by atoms with Crippen LogP contribution in [0, 0.1) is 12.8 Å². The molecule has 1 fully saturated rings. The maximum absolute atomic E-state index is 12.1. The van der Waals surface area contributed by atoms with Gasteiger partial charge in [-0.15, -0.1) is 0 Å². The van der Waals surface area contributed by atoms with Crippen LogP contribution >= 0.6 is 11.6 Å². The Hall–Kier alpha value is -1.91. The molecular formula is C20H24ClN3O. The van der Waals surface area contributed by atoms with Gasteiger partial charge in [0, 0.05) is 13.1 Å². The van der Waals surface area contributed by atoms with Crippen molar-refractivity contribution in [3.05, 3.63) is 64.4 Å². The van der Waals surface area contributed by atoms with E-state index in [1.165, 1.54) is 11.1 Å². The SMILES string of the molecule is Cc1ccc(CN2CCC(CNC(=O)c3cccc(Cl)n3)CC2)cc1. The minimum absolute atomic E-state index is 0.149. The van der Waals surface area contributed by atoms with E-state index in [1.54, 1.807) is 18.2 Å². The Kier molecular flexibility index (Phi) is 6.05. The van der Waals surface area contributed by atoms with E-state index in [0.29, 0.717) is 23.3 Å². The first-order valence-electron chi connectivity index (χ1n) is 8.79. The number of likely N-dealkylation sites (tertiary alicyclic amines) is 1. The second-order valence-electron chi connectivity index (χ2n) is 6.76. The number of halogens is 1. The number of nitrogens with zero attached hydrogens (tertiary/aromatic N) is 2. The summed E-state index contributed by atoms with van der Waals surface area (Å²) in [5.41, 5.74) is 3.04. The molecule has 1 aliphatic heterocycles. The lowest BCUT2D eigenvalue weighted by atomic mass is 9.96. The number of carbonyl (C=O) groups excluding carboxylic acids is 1. The molecule has 0 atom stereocenters. The van der Waals surface area contributed by atoms with Crippen molar-refractivity contribution in [2.75, 3.05) is 19.6 Å². The number of aryl methyl sites for hydroxylation is 1. The van der Waals surface area contributed by atoms with E-state index in [4.69, 9.17) is 11.6 Å². The van der Waals surface area contributed by atoms with E-state index >= 15 is 0 Å². The standard InChI is InChI=1S/C20H24ClN3O/c1-15-5-7-17(8-6-15)14-24-11-9-16(10-12-24)13-22-20(25)18-3-2-4-19(21)23-18/h2-8,16H,9-14H2,1H3,(H,22,25). The molecule has 0 saturated carbocycles. The number of amides is 1. The minimum Gasteiger partial charge on any atom is -0.350 e. The fourth-order valence-electron chi connectivity index (χ4n) is 3.16. The highest BCUT2D eigenvalue weighted by Gasteiger charge is 2.20. The van der Waals surface area contributed by atoms with Crippen LogP contribution in [0.15, 0.2) is 42.5 Å². The molecule has 1 amide bonds. The van der Waals surface area contributed by atoms with E-state index in [-0.39, 0.29) is 5.91 Å². The Labute approximate surface area is 154 Å². The van der Waals surface area contributed by atoms with E-state index in [0.717, 1.165) is 32.5 Å². The van der Waals surface area contributed by atoms with E-state index < -0.39 is 0 Å². The van der Waals surface area contributed by atoms with Gasteiger partial charge in [0.1, 0.15) is 10.8 Å². The third-order valence-electron chi connectivity index (χ3n) is 4.73. The number of hydrogen-bond donors (Lipinski definition) is 1. The lowest BCUT2D eigenvalue weighted by Gasteiger charge is -2.32. The third kappa shape index (κ3) is 5.28. The number of piperidine rings is 1. The molecule has 0 bridgehead atoms. The molecule has 0 aliphatic carbocycles. The molecule has 3 rings (SSSR count). The van der Waals surface area contributed by atoms with Crippen LogP contribution in [0.25, 0.3) is 0 Å². The summed E-state index contributed by atoms with van der Waals surface area (Å²) in [4.78, 5) is 18.7. The molecule has 1 aromatic carbocycles. The maximum Gasteiger partial charge on any atom is 0.269 e. The van der Waals surface area contributed by atoms with Crippen LogP contribution in [0.3, 0.4) is 0 Å². The lowest BCUT2D eigenvalue weighted by molar-refractivity contribution is 0.0930. The minimum atomic E-state index is -0.149. The maximum atomic E-state index is 12.1. The van der Waals surface area contributed by atoms with E-state index in [1.807, 2.05) is 0 Å². The third-order valence-corrected chi connectivity index (χ3v) is 4.94. The summed E-state index contributed by atoms with van der Waals surface area (Å²) in [5, 5.41) is 3.33. The summed E-state index contributed by atoms with van der Waals surface area (Å²) in [6.45, 7) is 5.97. The highest BCUT2D eigenvalue weighted by Crippen LogP contribution is 2.19. The van der Waals surface area contributed by atoms with Gasteiger partial charge in [-0.05, 0) is 56.5 Å². The van der Waals surface area contributed by atoms with Gasteiger partial charge in [-0.3, -0.25) is 9.69 Å². The van der Waals surface area contributed by atoms with Crippen molar-refractivity contribution in [2.45, 2.75) is 26.3 Å². The van der Waals surface area contributed by atoms with Crippen molar-refractivity contribution in [2.24, 2.45) is 5.92 Å². The molecule has 2 heterocycles. The normalized spacial score (nSPS) is 15.9. The van der Waals surface area contributed by atoms with Gasteiger partial charge in [0.25, 0.3) is 5.91 Å². The first-order chi connectivity index (χ1) is 12.1. The van der Waals surface area contributed by atoms with Crippen molar-refractivity contribution in [1.82, 2.24) is 15.2 Å². The zero-order chi connectivity index (χ0) is 17.6. The Balaban J connectivity index is 1.42. The monoisotopic (exact) mass is 357 g/mol. The summed E-state index contributed by atoms with van der Waals surface area (Å²) >= 11 is 5.83. The summed E-state index contributed by atoms with van der Waals surface area (Å²) < 4.78 is 0. The summed E-state index contributed by atoms with van der Waals surface area (Å²) in [7, 11) is 0. The smallest absolute Gasteiger partial charge is 0.269 e. The molecule has 1 saturated heterocycles. The predicted molar refractivity (Wildman–Crippen MR) is 101 cm³/mol. The van der Waals surface area contributed by atoms with Crippen molar-refractivity contribution in [3.63, 3.8) is 0 Å². The van der Waals surface area contributed by atoms with Gasteiger partial charge in [-0.2, -0.15) is 0 Å². The van der Waals surface area contributed by atoms with Crippen molar-refractivity contribution in [1.29, 1.82) is 0 Å². The molecule has 132 valence electrons. The van der Waals surface area contributed by atoms with Crippen LogP contribution in [0.4, 0.5) is 0 Å². The second kappa shape index (κ2) is 8.45. The fraction of sp³-hybridized carbons (Fsp3) is 0.400. The molecular weight excluding hydrogens is 334 g/mol. The Morgan fingerprint density at radius 3 is 2.60 bits per heavy atom. The summed E-state index contributed by atoms with van der Waals surface area (Å²) in [6.07, 6.45) is 2.21. The number of rotatable bonds is 5. The number of pyridine rings is 1. The molecule has 4 nitrogen and oxygen atoms in total. The zero-order valence-corrected chi connectivity index (χ0v) is 15.3. The van der Waals surface area contributed by atoms with Gasteiger partial charge >= 0.3 is 0 Å². The largest absolute Gasteiger partial charge is 0.350 e. The Bertz CT molecular complexity index is 709. The lowest BCUT2D eigenvalue weighted by Crippen LogP contribution is -2.38. The molecule has 25 heavy (non-hydrogen) atoms. The molecule has 1 N–H and O–H groups in total. The number of aromatic nitrogens is 1. The number of benzene rings is 1. The highest BCUT2D eigenvalue weighted by atomic mass is 35.5. The summed E-state index contributed by atoms with van der Waals surface area (Å²) in [5.74, 6) is 0.377. The molecule has 0 spiro atoms. The van der Waals surface area contributed by atoms with Gasteiger partial charge in [0.15, 0.2) is 0 Å². The van der Waals surface area contributed by atoms with Crippen LogP contribution in [0.2, 0.25) is 5.15 Å². The quantitative estimate of drug-likeness (QED) is 0.830. The zero-order valence-electron chi connectivity index (χ0n) is 14.5. The highest BCUT2D eigenvalue weighted by molar-refractivity contribution is 6.29. The van der Waals surface area contributed by atoms with Crippen molar-refractivity contribution in [3.8, 4) is 0 Å². The van der Waals surface area contributed by atoms with Crippen LogP contribution in [-0.4, -0.2) is 35.4 Å². The number of carbonyl (C=O) groups is 1. The van der Waals surface area contributed by atoms with E-state index in [9.17, 15) is 4.79 Å². The molecule has 0 unspecified atom stereocenters. The fourth-order valence-corrected chi connectivity index (χ4v) is 3.33. The van der Waals surface area contributed by atoms with Gasteiger partial charge in [-0.1, -0.05) is 47.5 Å². The first-order valence-corrected chi connectivity index (χ1v) is 9.16. The van der Waals surface area contributed by atoms with Crippen LogP contribution in [0.1, 0.15) is 34.5 Å². The van der Waals surface area contributed by atoms with Crippen molar-refractivity contribution >= 4 is 17.5 Å². The van der Waals surface area contributed by atoms with Gasteiger partial charge in [0.2, 0.25) is 0 Å². The second-order valence-corrected chi connectivity index (χ2v) is 7.15. The number of hydrogen-bond acceptors (Lipinski definition) is 3. The van der Waals surface area contributed by atoms with Crippen LogP contribution < -0.4 is 5.32 Å². The molecule has 1 aromatic heterocycles. The average molecular weight is 358 g/mol. The Morgan fingerprint density at radius 1 is 1.20 bits per heavy atom. The average Bonchev–Trinajstić information content (AvgIpc) is 2.63.